The van der Waals surface area contributed by atoms with Crippen LogP contribution in [0.15, 0.2) is 24.3 Å². The molecule has 3 N–H and O–H groups in total. The van der Waals surface area contributed by atoms with Gasteiger partial charge in [-0.15, -0.1) is 0 Å². The number of carbonyl (C=O) groups is 1. The van der Waals surface area contributed by atoms with Crippen LogP contribution in [0.4, 0.5) is 0 Å². The summed E-state index contributed by atoms with van der Waals surface area (Å²) >= 11 is 0. The van der Waals surface area contributed by atoms with Gasteiger partial charge in [-0.3, -0.25) is 9.69 Å². The fraction of sp³-hybridized carbons (Fsp3) is 0.562. The molecule has 1 aromatic carbocycles. The van der Waals surface area contributed by atoms with Crippen LogP contribution >= 0.6 is 0 Å². The second-order valence-electron chi connectivity index (χ2n) is 5.61. The Balaban J connectivity index is 1.62. The lowest BCUT2D eigenvalue weighted by molar-refractivity contribution is -0.122. The van der Waals surface area contributed by atoms with Gasteiger partial charge in [-0.25, -0.2) is 0 Å². The van der Waals surface area contributed by atoms with E-state index in [1.165, 1.54) is 5.56 Å². The molecule has 5 heteroatoms. The Morgan fingerprint density at radius 1 is 1.38 bits per heavy atom. The molecule has 0 saturated heterocycles. The first kappa shape index (κ1) is 15.8. The van der Waals surface area contributed by atoms with Crippen LogP contribution in [0.3, 0.4) is 0 Å². The number of rotatable bonds is 9. The number of hydrogen-bond donors (Lipinski definition) is 2. The number of ether oxygens (including phenoxy) is 1. The molecule has 0 bridgehead atoms. The molecule has 0 radical (unpaired) electrons. The van der Waals surface area contributed by atoms with Crippen molar-refractivity contribution >= 4 is 5.91 Å². The maximum Gasteiger partial charge on any atom is 0.234 e. The highest BCUT2D eigenvalue weighted by atomic mass is 16.5. The average Bonchev–Trinajstić information content (AvgIpc) is 3.24. The molecule has 1 aliphatic rings. The smallest absolute Gasteiger partial charge is 0.234 e. The third kappa shape index (κ3) is 6.14. The number of nitrogens with two attached hydrogens (primary N) is 1. The maximum atomic E-state index is 11.6. The van der Waals surface area contributed by atoms with E-state index >= 15 is 0 Å². The van der Waals surface area contributed by atoms with Crippen molar-refractivity contribution in [3.63, 3.8) is 0 Å². The summed E-state index contributed by atoms with van der Waals surface area (Å²) in [5.41, 5.74) is 6.74. The van der Waals surface area contributed by atoms with Crippen LogP contribution < -0.4 is 15.8 Å². The van der Waals surface area contributed by atoms with E-state index in [4.69, 9.17) is 10.5 Å². The van der Waals surface area contributed by atoms with Crippen LogP contribution in [-0.4, -0.2) is 50.1 Å². The van der Waals surface area contributed by atoms with Crippen LogP contribution in [0.1, 0.15) is 18.4 Å². The van der Waals surface area contributed by atoms with Crippen LogP contribution in [-0.2, 0) is 11.2 Å². The number of benzene rings is 1. The van der Waals surface area contributed by atoms with Crippen molar-refractivity contribution in [2.24, 2.45) is 5.73 Å². The Labute approximate surface area is 126 Å². The zero-order valence-corrected chi connectivity index (χ0v) is 12.7. The van der Waals surface area contributed by atoms with E-state index in [1.54, 1.807) is 0 Å². The second-order valence-corrected chi connectivity index (χ2v) is 5.61. The van der Waals surface area contributed by atoms with Crippen molar-refractivity contribution in [2.75, 3.05) is 33.3 Å². The first-order valence-corrected chi connectivity index (χ1v) is 7.57. The van der Waals surface area contributed by atoms with E-state index in [9.17, 15) is 4.79 Å². The van der Waals surface area contributed by atoms with Gasteiger partial charge < -0.3 is 15.8 Å². The lowest BCUT2D eigenvalue weighted by Crippen LogP contribution is -2.37. The highest BCUT2D eigenvalue weighted by Crippen LogP contribution is 2.18. The summed E-state index contributed by atoms with van der Waals surface area (Å²) < 4.78 is 5.68. The zero-order chi connectivity index (χ0) is 15.1. The summed E-state index contributed by atoms with van der Waals surface area (Å²) in [5, 5.41) is 2.98. The molecule has 0 unspecified atom stereocenters. The summed E-state index contributed by atoms with van der Waals surface area (Å²) in [6.07, 6.45) is 3.14. The van der Waals surface area contributed by atoms with Crippen LogP contribution in [0.2, 0.25) is 0 Å². The van der Waals surface area contributed by atoms with Crippen molar-refractivity contribution in [3.8, 4) is 5.75 Å². The molecule has 1 amide bonds. The number of hydrogen-bond acceptors (Lipinski definition) is 4. The summed E-state index contributed by atoms with van der Waals surface area (Å²) in [6, 6.07) is 8.42. The number of carbonyl (C=O) groups excluding carboxylic acids is 1. The molecule has 0 atom stereocenters. The molecule has 0 aromatic heterocycles. The van der Waals surface area contributed by atoms with Gasteiger partial charge in [-0.05, 0) is 50.6 Å². The van der Waals surface area contributed by atoms with E-state index in [-0.39, 0.29) is 5.91 Å². The highest BCUT2D eigenvalue weighted by molar-refractivity contribution is 5.78. The van der Waals surface area contributed by atoms with E-state index in [1.807, 2.05) is 36.2 Å². The van der Waals surface area contributed by atoms with E-state index in [2.05, 4.69) is 5.32 Å². The Morgan fingerprint density at radius 3 is 2.71 bits per heavy atom. The van der Waals surface area contributed by atoms with E-state index in [0.717, 1.165) is 31.6 Å². The Kier molecular flexibility index (Phi) is 6.02. The van der Waals surface area contributed by atoms with Crippen molar-refractivity contribution in [3.05, 3.63) is 29.8 Å². The minimum atomic E-state index is 0.103. The molecule has 2 rings (SSSR count). The molecule has 21 heavy (non-hydrogen) atoms. The lowest BCUT2D eigenvalue weighted by atomic mass is 10.1. The third-order valence-electron chi connectivity index (χ3n) is 3.45. The minimum Gasteiger partial charge on any atom is -0.492 e. The van der Waals surface area contributed by atoms with Crippen LogP contribution in [0.5, 0.6) is 5.75 Å². The Hall–Kier alpha value is -1.59. The fourth-order valence-electron chi connectivity index (χ4n) is 2.06. The van der Waals surface area contributed by atoms with E-state index < -0.39 is 0 Å². The highest BCUT2D eigenvalue weighted by Gasteiger charge is 2.23. The zero-order valence-electron chi connectivity index (χ0n) is 12.7. The monoisotopic (exact) mass is 291 g/mol. The molecular formula is C16H25N3O2. The van der Waals surface area contributed by atoms with Gasteiger partial charge in [0.05, 0.1) is 6.54 Å². The normalized spacial score (nSPS) is 14.2. The molecule has 1 saturated carbocycles. The van der Waals surface area contributed by atoms with Gasteiger partial charge in [0.25, 0.3) is 0 Å². The number of likely N-dealkylation sites (N-methyl/N-ethyl adjacent to an activating group) is 1. The Bertz CT molecular complexity index is 443. The van der Waals surface area contributed by atoms with Gasteiger partial charge in [0, 0.05) is 12.6 Å². The van der Waals surface area contributed by atoms with Gasteiger partial charge in [0.1, 0.15) is 12.4 Å². The summed E-state index contributed by atoms with van der Waals surface area (Å²) in [7, 11) is 1.93. The minimum absolute atomic E-state index is 0.103. The van der Waals surface area contributed by atoms with Gasteiger partial charge in [-0.2, -0.15) is 0 Å². The van der Waals surface area contributed by atoms with Crippen LogP contribution in [0, 0.1) is 0 Å². The number of nitrogens with zero attached hydrogens (tertiary/aromatic N) is 1. The molecule has 1 fully saturated rings. The maximum absolute atomic E-state index is 11.6. The summed E-state index contributed by atoms with van der Waals surface area (Å²) in [5.74, 6) is 0.956. The topological polar surface area (TPSA) is 67.6 Å². The first-order valence-electron chi connectivity index (χ1n) is 7.57. The first-order chi connectivity index (χ1) is 10.2. The molecule has 1 aromatic rings. The van der Waals surface area contributed by atoms with Crippen molar-refractivity contribution in [1.82, 2.24) is 10.2 Å². The van der Waals surface area contributed by atoms with Crippen molar-refractivity contribution in [2.45, 2.75) is 25.3 Å². The quantitative estimate of drug-likeness (QED) is 0.705. The molecule has 1 aliphatic carbocycles. The van der Waals surface area contributed by atoms with Gasteiger partial charge in [-0.1, -0.05) is 12.1 Å². The molecule has 0 spiro atoms. The number of amides is 1. The standard InChI is InChI=1S/C16H25N3O2/c1-19(12-16(20)18-14-4-5-14)10-11-21-15-6-2-13(3-7-15)8-9-17/h2-3,6-7,14H,4-5,8-12,17H2,1H3,(H,18,20). The van der Waals surface area contributed by atoms with Crippen molar-refractivity contribution < 1.29 is 9.53 Å². The fourth-order valence-corrected chi connectivity index (χ4v) is 2.06. The summed E-state index contributed by atoms with van der Waals surface area (Å²) in [4.78, 5) is 13.6. The molecular weight excluding hydrogens is 266 g/mol. The third-order valence-corrected chi connectivity index (χ3v) is 3.45. The molecule has 5 nitrogen and oxygen atoms in total. The average molecular weight is 291 g/mol. The number of nitrogens with one attached hydrogen (secondary N) is 1. The van der Waals surface area contributed by atoms with Gasteiger partial charge in [0.15, 0.2) is 0 Å². The summed E-state index contributed by atoms with van der Waals surface area (Å²) in [6.45, 7) is 2.38. The molecule has 116 valence electrons. The predicted octanol–water partition coefficient (Wildman–Crippen LogP) is 0.777. The van der Waals surface area contributed by atoms with Crippen molar-refractivity contribution in [1.29, 1.82) is 0 Å². The van der Waals surface area contributed by atoms with Gasteiger partial charge in [0.2, 0.25) is 5.91 Å². The largest absolute Gasteiger partial charge is 0.492 e. The Morgan fingerprint density at radius 2 is 2.10 bits per heavy atom. The second kappa shape index (κ2) is 8.00. The predicted molar refractivity (Wildman–Crippen MR) is 83.4 cm³/mol. The van der Waals surface area contributed by atoms with Crippen LogP contribution in [0.25, 0.3) is 0 Å². The molecule has 0 aliphatic heterocycles. The molecule has 0 heterocycles. The SMILES string of the molecule is CN(CCOc1ccc(CCN)cc1)CC(=O)NC1CC1. The lowest BCUT2D eigenvalue weighted by Gasteiger charge is -2.16. The van der Waals surface area contributed by atoms with E-state index in [0.29, 0.717) is 25.7 Å². The van der Waals surface area contributed by atoms with Gasteiger partial charge >= 0.3 is 0 Å².